The van der Waals surface area contributed by atoms with Gasteiger partial charge in [0.1, 0.15) is 5.75 Å². The lowest BCUT2D eigenvalue weighted by Crippen LogP contribution is -2.43. The Labute approximate surface area is 167 Å². The summed E-state index contributed by atoms with van der Waals surface area (Å²) in [5.41, 5.74) is 0.794. The molecule has 3 nitrogen and oxygen atoms in total. The molecule has 2 saturated carbocycles. The van der Waals surface area contributed by atoms with Gasteiger partial charge in [-0.15, -0.1) is 11.6 Å². The van der Waals surface area contributed by atoms with E-state index >= 15 is 0 Å². The quantitative estimate of drug-likeness (QED) is 0.445. The minimum absolute atomic E-state index is 0. The lowest BCUT2D eigenvalue weighted by Gasteiger charge is -2.45. The smallest absolute Gasteiger partial charge is 0.252 e. The number of hydrogen-bond donors (Lipinski definition) is 1. The van der Waals surface area contributed by atoms with E-state index < -0.39 is 0 Å². The number of halogens is 2. The number of alkyl halides is 1. The zero-order valence-corrected chi connectivity index (χ0v) is 16.2. The molecule has 0 radical (unpaired) electrons. The molecule has 26 heavy (non-hydrogen) atoms. The summed E-state index contributed by atoms with van der Waals surface area (Å²) in [6.07, 6.45) is 9.83. The number of rotatable bonds is 7. The highest BCUT2D eigenvalue weighted by atomic mass is 35.5. The summed E-state index contributed by atoms with van der Waals surface area (Å²) in [5, 5.41) is 3.61. The van der Waals surface area contributed by atoms with Crippen molar-refractivity contribution in [2.24, 2.45) is 11.3 Å². The highest BCUT2D eigenvalue weighted by Gasteiger charge is 2.39. The molecule has 1 N–H and O–H groups in total. The van der Waals surface area contributed by atoms with E-state index in [4.69, 9.17) is 27.9 Å². The molecule has 146 valence electrons. The van der Waals surface area contributed by atoms with Crippen LogP contribution in [0.25, 0.3) is 0 Å². The van der Waals surface area contributed by atoms with Crippen molar-refractivity contribution in [1.29, 1.82) is 0 Å². The van der Waals surface area contributed by atoms with E-state index in [-0.39, 0.29) is 13.3 Å². The van der Waals surface area contributed by atoms with Crippen molar-refractivity contribution in [2.75, 3.05) is 19.0 Å². The summed E-state index contributed by atoms with van der Waals surface area (Å²) in [7, 11) is 0. The maximum absolute atomic E-state index is 12.7. The van der Waals surface area contributed by atoms with Gasteiger partial charge in [-0.3, -0.25) is 4.79 Å². The Balaban J connectivity index is 0.00000243. The van der Waals surface area contributed by atoms with Gasteiger partial charge >= 0.3 is 0 Å². The minimum atomic E-state index is -0.102. The van der Waals surface area contributed by atoms with Gasteiger partial charge in [0.15, 0.2) is 0 Å². The van der Waals surface area contributed by atoms with Gasteiger partial charge in [0.05, 0.1) is 17.2 Å². The number of amides is 1. The largest absolute Gasteiger partial charge is 0.494 e. The number of nitrogens with one attached hydrogen (secondary N) is 1. The van der Waals surface area contributed by atoms with Crippen molar-refractivity contribution in [2.45, 2.75) is 58.8 Å². The molecule has 1 aromatic rings. The van der Waals surface area contributed by atoms with Gasteiger partial charge in [0, 0.05) is 12.4 Å². The first kappa shape index (κ1) is 21.4. The van der Waals surface area contributed by atoms with Crippen LogP contribution in [0.5, 0.6) is 5.75 Å². The zero-order chi connectivity index (χ0) is 17.7. The summed E-state index contributed by atoms with van der Waals surface area (Å²) in [6.45, 7) is 1.30. The second-order valence-corrected chi connectivity index (χ2v) is 8.36. The molecule has 3 rings (SSSR count). The Morgan fingerprint density at radius 1 is 1.27 bits per heavy atom. The van der Waals surface area contributed by atoms with Gasteiger partial charge in [-0.2, -0.15) is 0 Å². The fourth-order valence-electron chi connectivity index (χ4n) is 4.45. The Morgan fingerprint density at radius 3 is 2.69 bits per heavy atom. The Hall–Kier alpha value is -0.930. The summed E-state index contributed by atoms with van der Waals surface area (Å²) in [4.78, 5) is 12.7. The summed E-state index contributed by atoms with van der Waals surface area (Å²) in [5.74, 6) is 1.98. The molecular weight excluding hydrogens is 369 g/mol. The lowest BCUT2D eigenvalue weighted by molar-refractivity contribution is 0.0681. The number of hydrogen-bond acceptors (Lipinski definition) is 2. The van der Waals surface area contributed by atoms with Crippen LogP contribution in [-0.2, 0) is 0 Å². The third-order valence-corrected chi connectivity index (χ3v) is 6.31. The summed E-state index contributed by atoms with van der Waals surface area (Å²) >= 11 is 11.9. The van der Waals surface area contributed by atoms with E-state index in [0.717, 1.165) is 18.9 Å². The first-order valence-corrected chi connectivity index (χ1v) is 10.3. The number of carbonyl (C=O) groups excluding carboxylic acids is 1. The molecule has 0 atom stereocenters. The SMILES string of the molecule is C.O=C(NCC12CCCC(CCC1)C2)c1cc(OCCCCl)ccc1Cl. The molecule has 0 heterocycles. The molecule has 2 aliphatic carbocycles. The highest BCUT2D eigenvalue weighted by molar-refractivity contribution is 6.33. The van der Waals surface area contributed by atoms with Crippen LogP contribution in [0.1, 0.15) is 69.2 Å². The molecule has 2 aliphatic rings. The molecule has 1 aromatic carbocycles. The molecule has 0 unspecified atom stereocenters. The Bertz CT molecular complexity index is 596. The Morgan fingerprint density at radius 2 is 2.00 bits per heavy atom. The van der Waals surface area contributed by atoms with Crippen LogP contribution in [-0.4, -0.2) is 24.9 Å². The van der Waals surface area contributed by atoms with Crippen LogP contribution >= 0.6 is 23.2 Å². The zero-order valence-electron chi connectivity index (χ0n) is 14.7. The van der Waals surface area contributed by atoms with Crippen molar-refractivity contribution in [3.8, 4) is 5.75 Å². The fourth-order valence-corrected chi connectivity index (χ4v) is 4.76. The van der Waals surface area contributed by atoms with Crippen molar-refractivity contribution in [3.05, 3.63) is 28.8 Å². The second-order valence-electron chi connectivity index (χ2n) is 7.57. The normalized spacial score (nSPS) is 24.5. The predicted molar refractivity (Wildman–Crippen MR) is 110 cm³/mol. The highest BCUT2D eigenvalue weighted by Crippen LogP contribution is 2.48. The van der Waals surface area contributed by atoms with Crippen molar-refractivity contribution in [1.82, 2.24) is 5.32 Å². The molecule has 0 aliphatic heterocycles. The van der Waals surface area contributed by atoms with Crippen molar-refractivity contribution >= 4 is 29.1 Å². The average Bonchev–Trinajstić information content (AvgIpc) is 2.61. The maximum atomic E-state index is 12.7. The van der Waals surface area contributed by atoms with E-state index in [1.165, 1.54) is 44.9 Å². The van der Waals surface area contributed by atoms with E-state index in [9.17, 15) is 4.79 Å². The topological polar surface area (TPSA) is 38.3 Å². The average molecular weight is 400 g/mol. The van der Waals surface area contributed by atoms with Gasteiger partial charge in [-0.1, -0.05) is 44.7 Å². The first-order chi connectivity index (χ1) is 12.1. The van der Waals surface area contributed by atoms with Crippen LogP contribution in [0.4, 0.5) is 0 Å². The molecule has 0 spiro atoms. The number of fused-ring (bicyclic) bond motifs is 2. The third-order valence-electron chi connectivity index (χ3n) is 5.71. The van der Waals surface area contributed by atoms with Crippen molar-refractivity contribution < 1.29 is 9.53 Å². The Kier molecular flexibility index (Phi) is 8.09. The molecule has 2 bridgehead atoms. The standard InChI is InChI=1S/C20H27Cl2NO2.CH4/c21-10-3-11-25-16-6-7-18(22)17(12-16)19(24)23-14-20-8-1-4-15(13-20)5-2-9-20;/h6-7,12,15H,1-5,8-11,13-14H2,(H,23,24);1H4. The van der Waals surface area contributed by atoms with Gasteiger partial charge in [0.25, 0.3) is 5.91 Å². The monoisotopic (exact) mass is 399 g/mol. The van der Waals surface area contributed by atoms with E-state index in [0.29, 0.717) is 34.2 Å². The number of benzene rings is 1. The lowest BCUT2D eigenvalue weighted by atomic mass is 9.62. The third kappa shape index (κ3) is 5.29. The summed E-state index contributed by atoms with van der Waals surface area (Å²) in [6, 6.07) is 5.25. The van der Waals surface area contributed by atoms with E-state index in [1.807, 2.05) is 0 Å². The molecule has 1 amide bonds. The molecule has 0 saturated heterocycles. The van der Waals surface area contributed by atoms with Gasteiger partial charge in [-0.25, -0.2) is 0 Å². The molecule has 2 fully saturated rings. The maximum Gasteiger partial charge on any atom is 0.252 e. The van der Waals surface area contributed by atoms with Crippen LogP contribution in [0, 0.1) is 11.3 Å². The van der Waals surface area contributed by atoms with Crippen LogP contribution in [0.3, 0.4) is 0 Å². The van der Waals surface area contributed by atoms with Gasteiger partial charge < -0.3 is 10.1 Å². The van der Waals surface area contributed by atoms with E-state index in [1.54, 1.807) is 18.2 Å². The number of ether oxygens (including phenoxy) is 1. The summed E-state index contributed by atoms with van der Waals surface area (Å²) < 4.78 is 5.63. The predicted octanol–water partition coefficient (Wildman–Crippen LogP) is 6.07. The number of carbonyl (C=O) groups is 1. The van der Waals surface area contributed by atoms with Crippen LogP contribution in [0.15, 0.2) is 18.2 Å². The first-order valence-electron chi connectivity index (χ1n) is 9.38. The minimum Gasteiger partial charge on any atom is -0.494 e. The van der Waals surface area contributed by atoms with E-state index in [2.05, 4.69) is 5.32 Å². The van der Waals surface area contributed by atoms with Crippen LogP contribution in [0.2, 0.25) is 5.02 Å². The van der Waals surface area contributed by atoms with Crippen molar-refractivity contribution in [3.63, 3.8) is 0 Å². The fraction of sp³-hybridized carbons (Fsp3) is 0.667. The van der Waals surface area contributed by atoms with Gasteiger partial charge in [0.2, 0.25) is 0 Å². The second kappa shape index (κ2) is 9.85. The molecular formula is C21H31Cl2NO2. The van der Waals surface area contributed by atoms with Crippen LogP contribution < -0.4 is 10.1 Å². The molecule has 0 aromatic heterocycles. The van der Waals surface area contributed by atoms with Gasteiger partial charge in [-0.05, 0) is 55.2 Å². The molecule has 5 heteroatoms.